The first-order chi connectivity index (χ1) is 7.04. The van der Waals surface area contributed by atoms with Crippen molar-refractivity contribution in [1.82, 2.24) is 4.90 Å². The highest BCUT2D eigenvalue weighted by atomic mass is 16.2. The van der Waals surface area contributed by atoms with Crippen molar-refractivity contribution < 1.29 is 4.79 Å². The molecule has 88 valence electrons. The monoisotopic (exact) mass is 211 g/mol. The molecule has 0 N–H and O–H groups in total. The minimum Gasteiger partial charge on any atom is -0.338 e. The molecule has 0 aromatic carbocycles. The molecule has 0 spiro atoms. The normalized spacial score (nSPS) is 18.5. The molecule has 1 aliphatic carbocycles. The van der Waals surface area contributed by atoms with Crippen LogP contribution in [0.15, 0.2) is 0 Å². The molecule has 0 aromatic rings. The first kappa shape index (κ1) is 12.5. The van der Waals surface area contributed by atoms with Gasteiger partial charge in [0.1, 0.15) is 0 Å². The van der Waals surface area contributed by atoms with Gasteiger partial charge in [-0.05, 0) is 40.5 Å². The number of carbonyl (C=O) groups is 1. The van der Waals surface area contributed by atoms with E-state index in [4.69, 9.17) is 0 Å². The van der Waals surface area contributed by atoms with Gasteiger partial charge in [-0.1, -0.05) is 19.3 Å². The van der Waals surface area contributed by atoms with Gasteiger partial charge in [-0.25, -0.2) is 0 Å². The van der Waals surface area contributed by atoms with Crippen LogP contribution in [0.4, 0.5) is 0 Å². The summed E-state index contributed by atoms with van der Waals surface area (Å²) in [6.07, 6.45) is 6.00. The predicted octanol–water partition coefficient (Wildman–Crippen LogP) is 3.21. The highest BCUT2D eigenvalue weighted by Crippen LogP contribution is 2.26. The topological polar surface area (TPSA) is 20.3 Å². The number of amides is 1. The van der Waals surface area contributed by atoms with E-state index in [1.807, 2.05) is 0 Å². The molecule has 0 atom stereocenters. The third kappa shape index (κ3) is 3.22. The summed E-state index contributed by atoms with van der Waals surface area (Å²) in [5, 5.41) is 0. The summed E-state index contributed by atoms with van der Waals surface area (Å²) < 4.78 is 0. The predicted molar refractivity (Wildman–Crippen MR) is 63.7 cm³/mol. The SMILES string of the molecule is CC(C)N(C(=O)C1CCCCC1)C(C)C. The Kier molecular flexibility index (Phi) is 4.62. The molecule has 0 radical (unpaired) electrons. The van der Waals surface area contributed by atoms with Crippen molar-refractivity contribution in [2.75, 3.05) is 0 Å². The molecule has 0 aromatic heterocycles. The van der Waals surface area contributed by atoms with Crippen LogP contribution in [0, 0.1) is 5.92 Å². The molecule has 0 unspecified atom stereocenters. The fourth-order valence-corrected chi connectivity index (χ4v) is 2.67. The number of nitrogens with zero attached hydrogens (tertiary/aromatic N) is 1. The van der Waals surface area contributed by atoms with Crippen LogP contribution in [-0.4, -0.2) is 22.9 Å². The lowest BCUT2D eigenvalue weighted by atomic mass is 9.87. The Hall–Kier alpha value is -0.530. The largest absolute Gasteiger partial charge is 0.338 e. The van der Waals surface area contributed by atoms with Crippen molar-refractivity contribution in [3.05, 3.63) is 0 Å². The average Bonchev–Trinajstić information content (AvgIpc) is 2.18. The lowest BCUT2D eigenvalue weighted by Crippen LogP contribution is -2.45. The van der Waals surface area contributed by atoms with Crippen molar-refractivity contribution in [3.8, 4) is 0 Å². The van der Waals surface area contributed by atoms with Crippen LogP contribution in [0.3, 0.4) is 0 Å². The van der Waals surface area contributed by atoms with Gasteiger partial charge in [0.05, 0.1) is 0 Å². The Labute approximate surface area is 94.0 Å². The van der Waals surface area contributed by atoms with Gasteiger partial charge < -0.3 is 4.90 Å². The van der Waals surface area contributed by atoms with E-state index in [-0.39, 0.29) is 0 Å². The van der Waals surface area contributed by atoms with Gasteiger partial charge in [0.25, 0.3) is 0 Å². The van der Waals surface area contributed by atoms with Gasteiger partial charge in [-0.15, -0.1) is 0 Å². The maximum atomic E-state index is 12.3. The Morgan fingerprint density at radius 3 is 1.87 bits per heavy atom. The molecule has 2 heteroatoms. The van der Waals surface area contributed by atoms with E-state index in [0.717, 1.165) is 12.8 Å². The summed E-state index contributed by atoms with van der Waals surface area (Å²) in [7, 11) is 0. The van der Waals surface area contributed by atoms with Crippen LogP contribution in [0.1, 0.15) is 59.8 Å². The summed E-state index contributed by atoms with van der Waals surface area (Å²) >= 11 is 0. The second kappa shape index (κ2) is 5.53. The number of carbonyl (C=O) groups excluding carboxylic acids is 1. The smallest absolute Gasteiger partial charge is 0.226 e. The van der Waals surface area contributed by atoms with Gasteiger partial charge in [0.15, 0.2) is 0 Å². The lowest BCUT2D eigenvalue weighted by molar-refractivity contribution is -0.140. The van der Waals surface area contributed by atoms with Gasteiger partial charge in [-0.3, -0.25) is 4.79 Å². The molecule has 1 saturated carbocycles. The van der Waals surface area contributed by atoms with Crippen molar-refractivity contribution >= 4 is 5.91 Å². The van der Waals surface area contributed by atoms with Crippen LogP contribution in [0.25, 0.3) is 0 Å². The zero-order valence-electron chi connectivity index (χ0n) is 10.6. The first-order valence-corrected chi connectivity index (χ1v) is 6.36. The molecule has 1 rings (SSSR count). The lowest BCUT2D eigenvalue weighted by Gasteiger charge is -2.35. The molecule has 0 bridgehead atoms. The van der Waals surface area contributed by atoms with Crippen LogP contribution < -0.4 is 0 Å². The summed E-state index contributed by atoms with van der Waals surface area (Å²) in [6.45, 7) is 8.45. The number of hydrogen-bond donors (Lipinski definition) is 0. The van der Waals surface area contributed by atoms with Gasteiger partial charge in [-0.2, -0.15) is 0 Å². The van der Waals surface area contributed by atoms with E-state index in [2.05, 4.69) is 32.6 Å². The highest BCUT2D eigenvalue weighted by molar-refractivity contribution is 5.79. The van der Waals surface area contributed by atoms with E-state index in [1.54, 1.807) is 0 Å². The van der Waals surface area contributed by atoms with Crippen molar-refractivity contribution in [2.24, 2.45) is 5.92 Å². The molecule has 1 amide bonds. The Balaban J connectivity index is 2.62. The molecule has 1 fully saturated rings. The second-order valence-electron chi connectivity index (χ2n) is 5.27. The van der Waals surface area contributed by atoms with E-state index in [0.29, 0.717) is 23.9 Å². The first-order valence-electron chi connectivity index (χ1n) is 6.36. The fraction of sp³-hybridized carbons (Fsp3) is 0.923. The van der Waals surface area contributed by atoms with E-state index in [9.17, 15) is 4.79 Å². The molecule has 1 aliphatic rings. The fourth-order valence-electron chi connectivity index (χ4n) is 2.67. The summed E-state index contributed by atoms with van der Waals surface area (Å²) in [4.78, 5) is 14.4. The number of hydrogen-bond acceptors (Lipinski definition) is 1. The third-order valence-corrected chi connectivity index (χ3v) is 3.32. The standard InChI is InChI=1S/C13H25NO/c1-10(2)14(11(3)4)13(15)12-8-6-5-7-9-12/h10-12H,5-9H2,1-4H3. The Morgan fingerprint density at radius 2 is 1.47 bits per heavy atom. The second-order valence-corrected chi connectivity index (χ2v) is 5.27. The zero-order valence-corrected chi connectivity index (χ0v) is 10.6. The van der Waals surface area contributed by atoms with Crippen LogP contribution >= 0.6 is 0 Å². The molecule has 15 heavy (non-hydrogen) atoms. The van der Waals surface area contributed by atoms with Gasteiger partial charge in [0.2, 0.25) is 5.91 Å². The van der Waals surface area contributed by atoms with Crippen LogP contribution in [0.5, 0.6) is 0 Å². The van der Waals surface area contributed by atoms with Crippen molar-refractivity contribution in [2.45, 2.75) is 71.9 Å². The average molecular weight is 211 g/mol. The molecule has 0 aliphatic heterocycles. The molecule has 0 heterocycles. The summed E-state index contributed by atoms with van der Waals surface area (Å²) in [5.74, 6) is 0.697. The van der Waals surface area contributed by atoms with Crippen molar-refractivity contribution in [3.63, 3.8) is 0 Å². The van der Waals surface area contributed by atoms with E-state index < -0.39 is 0 Å². The molecule has 2 nitrogen and oxygen atoms in total. The maximum absolute atomic E-state index is 12.3. The van der Waals surface area contributed by atoms with E-state index >= 15 is 0 Å². The minimum absolute atomic E-state index is 0.309. The van der Waals surface area contributed by atoms with Crippen LogP contribution in [0.2, 0.25) is 0 Å². The zero-order chi connectivity index (χ0) is 11.4. The Bertz CT molecular complexity index is 197. The Morgan fingerprint density at radius 1 is 1.00 bits per heavy atom. The van der Waals surface area contributed by atoms with Gasteiger partial charge in [0, 0.05) is 18.0 Å². The summed E-state index contributed by atoms with van der Waals surface area (Å²) in [6, 6.07) is 0.666. The molecular weight excluding hydrogens is 186 g/mol. The molecule has 0 saturated heterocycles. The number of rotatable bonds is 3. The van der Waals surface area contributed by atoms with Crippen LogP contribution in [-0.2, 0) is 4.79 Å². The van der Waals surface area contributed by atoms with Gasteiger partial charge >= 0.3 is 0 Å². The summed E-state index contributed by atoms with van der Waals surface area (Å²) in [5.41, 5.74) is 0. The third-order valence-electron chi connectivity index (χ3n) is 3.32. The van der Waals surface area contributed by atoms with Crippen molar-refractivity contribution in [1.29, 1.82) is 0 Å². The highest BCUT2D eigenvalue weighted by Gasteiger charge is 2.28. The maximum Gasteiger partial charge on any atom is 0.226 e. The molecular formula is C13H25NO. The quantitative estimate of drug-likeness (QED) is 0.702. The van der Waals surface area contributed by atoms with E-state index in [1.165, 1.54) is 19.3 Å². The minimum atomic E-state index is 0.309.